The zero-order chi connectivity index (χ0) is 10.9. The van der Waals surface area contributed by atoms with Gasteiger partial charge in [-0.25, -0.2) is 0 Å². The molecule has 1 heterocycles. The van der Waals surface area contributed by atoms with Crippen LogP contribution in [0.25, 0.3) is 0 Å². The molecule has 0 aromatic carbocycles. The van der Waals surface area contributed by atoms with E-state index in [0.29, 0.717) is 11.5 Å². The second-order valence-electron chi connectivity index (χ2n) is 5.38. The van der Waals surface area contributed by atoms with Crippen molar-refractivity contribution in [2.45, 2.75) is 45.6 Å². The maximum absolute atomic E-state index is 11.6. The van der Waals surface area contributed by atoms with Crippen LogP contribution in [0.2, 0.25) is 0 Å². The summed E-state index contributed by atoms with van der Waals surface area (Å²) in [6.45, 7) is 5.90. The Morgan fingerprint density at radius 3 is 3.07 bits per heavy atom. The molecule has 86 valence electrons. The molecule has 2 atom stereocenters. The number of hydrogen-bond donors (Lipinski definition) is 2. The normalized spacial score (nSPS) is 34.5. The van der Waals surface area contributed by atoms with Crippen molar-refractivity contribution in [2.75, 3.05) is 13.1 Å². The molecule has 1 saturated heterocycles. The average Bonchev–Trinajstić information content (AvgIpc) is 2.72. The molecule has 1 amide bonds. The predicted octanol–water partition coefficient (Wildman–Crippen LogP) is 1.29. The highest BCUT2D eigenvalue weighted by Crippen LogP contribution is 2.43. The maximum Gasteiger partial charge on any atom is 0.222 e. The number of carbonyl (C=O) groups is 1. The first-order valence-electron chi connectivity index (χ1n) is 6.15. The van der Waals surface area contributed by atoms with Gasteiger partial charge in [0.1, 0.15) is 0 Å². The zero-order valence-corrected chi connectivity index (χ0v) is 9.81. The van der Waals surface area contributed by atoms with Gasteiger partial charge in [0.25, 0.3) is 0 Å². The van der Waals surface area contributed by atoms with Crippen molar-refractivity contribution < 1.29 is 4.79 Å². The molecule has 2 rings (SSSR count). The van der Waals surface area contributed by atoms with E-state index in [4.69, 9.17) is 0 Å². The van der Waals surface area contributed by atoms with Crippen molar-refractivity contribution in [3.05, 3.63) is 0 Å². The minimum atomic E-state index is 0.107. The van der Waals surface area contributed by atoms with Gasteiger partial charge in [-0.2, -0.15) is 0 Å². The topological polar surface area (TPSA) is 41.1 Å². The number of hydrogen-bond acceptors (Lipinski definition) is 2. The molecule has 0 aromatic heterocycles. The number of fused-ring (bicyclic) bond motifs is 1. The van der Waals surface area contributed by atoms with E-state index < -0.39 is 0 Å². The van der Waals surface area contributed by atoms with Gasteiger partial charge in [-0.1, -0.05) is 20.3 Å². The second-order valence-corrected chi connectivity index (χ2v) is 5.38. The van der Waals surface area contributed by atoms with E-state index >= 15 is 0 Å². The van der Waals surface area contributed by atoms with Crippen molar-refractivity contribution in [3.8, 4) is 0 Å². The second kappa shape index (κ2) is 4.12. The summed E-state index contributed by atoms with van der Waals surface area (Å²) in [6.07, 6.45) is 5.12. The molecule has 15 heavy (non-hydrogen) atoms. The van der Waals surface area contributed by atoms with Crippen LogP contribution in [0.3, 0.4) is 0 Å². The van der Waals surface area contributed by atoms with Crippen LogP contribution in [0.1, 0.15) is 39.5 Å². The van der Waals surface area contributed by atoms with Crippen LogP contribution in [0.5, 0.6) is 0 Å². The number of rotatable bonds is 3. The highest BCUT2D eigenvalue weighted by molar-refractivity contribution is 5.77. The third-order valence-corrected chi connectivity index (χ3v) is 4.06. The molecule has 2 aliphatic rings. The van der Waals surface area contributed by atoms with Crippen LogP contribution in [-0.2, 0) is 4.79 Å². The Bertz CT molecular complexity index is 240. The molecule has 0 bridgehead atoms. The molecule has 0 radical (unpaired) electrons. The lowest BCUT2D eigenvalue weighted by Crippen LogP contribution is -2.43. The minimum Gasteiger partial charge on any atom is -0.355 e. The number of nitrogens with one attached hydrogen (secondary N) is 2. The number of carbonyl (C=O) groups excluding carboxylic acids is 1. The zero-order valence-electron chi connectivity index (χ0n) is 9.81. The predicted molar refractivity (Wildman–Crippen MR) is 60.5 cm³/mol. The maximum atomic E-state index is 11.6. The van der Waals surface area contributed by atoms with Gasteiger partial charge >= 0.3 is 0 Å². The highest BCUT2D eigenvalue weighted by atomic mass is 16.1. The molecule has 0 aromatic rings. The molecule has 1 saturated carbocycles. The van der Waals surface area contributed by atoms with Gasteiger partial charge in [0.05, 0.1) is 0 Å². The van der Waals surface area contributed by atoms with Crippen LogP contribution in [-0.4, -0.2) is 25.0 Å². The van der Waals surface area contributed by atoms with E-state index in [1.807, 2.05) is 13.8 Å². The molecular formula is C12H22N2O. The summed E-state index contributed by atoms with van der Waals surface area (Å²) in [4.78, 5) is 11.6. The number of amides is 1. The summed E-state index contributed by atoms with van der Waals surface area (Å²) in [5.41, 5.74) is 0.380. The van der Waals surface area contributed by atoms with Gasteiger partial charge in [0.2, 0.25) is 5.91 Å². The third kappa shape index (κ3) is 2.03. The Morgan fingerprint density at radius 2 is 2.33 bits per heavy atom. The lowest BCUT2D eigenvalue weighted by atomic mass is 9.82. The first-order valence-corrected chi connectivity index (χ1v) is 6.15. The van der Waals surface area contributed by atoms with Gasteiger partial charge in [-0.3, -0.25) is 4.79 Å². The molecule has 1 aliphatic heterocycles. The summed E-state index contributed by atoms with van der Waals surface area (Å²) in [5.74, 6) is 0.303. The first kappa shape index (κ1) is 10.9. The Kier molecular flexibility index (Phi) is 3.01. The summed E-state index contributed by atoms with van der Waals surface area (Å²) in [7, 11) is 0. The summed E-state index contributed by atoms with van der Waals surface area (Å²) in [6, 6.07) is 0.657. The molecule has 1 aliphatic carbocycles. The standard InChI is InChI=1S/C12H22N2O/c1-9(2)11(15)14-8-12-5-3-4-10(12)13-7-6-12/h9-10,13H,3-8H2,1-2H3,(H,14,15)/t10-,12-/m1/s1. The Balaban J connectivity index is 1.90. The van der Waals surface area contributed by atoms with Crippen molar-refractivity contribution >= 4 is 5.91 Å². The van der Waals surface area contributed by atoms with Gasteiger partial charge in [-0.05, 0) is 25.8 Å². The van der Waals surface area contributed by atoms with E-state index in [2.05, 4.69) is 10.6 Å². The summed E-state index contributed by atoms with van der Waals surface area (Å²) < 4.78 is 0. The Labute approximate surface area is 92.0 Å². The fraction of sp³-hybridized carbons (Fsp3) is 0.917. The van der Waals surface area contributed by atoms with Crippen LogP contribution >= 0.6 is 0 Å². The van der Waals surface area contributed by atoms with Crippen LogP contribution in [0, 0.1) is 11.3 Å². The van der Waals surface area contributed by atoms with E-state index in [1.54, 1.807) is 0 Å². The fourth-order valence-electron chi connectivity index (χ4n) is 3.02. The van der Waals surface area contributed by atoms with Gasteiger partial charge in [-0.15, -0.1) is 0 Å². The lowest BCUT2D eigenvalue weighted by molar-refractivity contribution is -0.124. The monoisotopic (exact) mass is 210 g/mol. The van der Waals surface area contributed by atoms with Gasteiger partial charge in [0, 0.05) is 23.9 Å². The van der Waals surface area contributed by atoms with Crippen molar-refractivity contribution in [2.24, 2.45) is 11.3 Å². The highest BCUT2D eigenvalue weighted by Gasteiger charge is 2.45. The van der Waals surface area contributed by atoms with E-state index in [9.17, 15) is 4.79 Å². The quantitative estimate of drug-likeness (QED) is 0.737. The van der Waals surface area contributed by atoms with Crippen molar-refractivity contribution in [1.29, 1.82) is 0 Å². The largest absolute Gasteiger partial charge is 0.355 e. The lowest BCUT2D eigenvalue weighted by Gasteiger charge is -2.29. The molecule has 3 nitrogen and oxygen atoms in total. The SMILES string of the molecule is CC(C)C(=O)NC[C@]12CCC[C@H]1NCC2. The first-order chi connectivity index (χ1) is 7.14. The van der Waals surface area contributed by atoms with Gasteiger partial charge in [0.15, 0.2) is 0 Å². The molecule has 0 unspecified atom stereocenters. The van der Waals surface area contributed by atoms with E-state index in [-0.39, 0.29) is 11.8 Å². The van der Waals surface area contributed by atoms with E-state index in [1.165, 1.54) is 25.7 Å². The molecule has 3 heteroatoms. The third-order valence-electron chi connectivity index (χ3n) is 4.06. The molecular weight excluding hydrogens is 188 g/mol. The fourth-order valence-corrected chi connectivity index (χ4v) is 3.02. The Morgan fingerprint density at radius 1 is 1.53 bits per heavy atom. The van der Waals surface area contributed by atoms with Gasteiger partial charge < -0.3 is 10.6 Å². The van der Waals surface area contributed by atoms with Crippen molar-refractivity contribution in [1.82, 2.24) is 10.6 Å². The summed E-state index contributed by atoms with van der Waals surface area (Å²) in [5, 5.41) is 6.67. The smallest absolute Gasteiger partial charge is 0.222 e. The summed E-state index contributed by atoms with van der Waals surface area (Å²) >= 11 is 0. The van der Waals surface area contributed by atoms with E-state index in [0.717, 1.165) is 13.1 Å². The average molecular weight is 210 g/mol. The van der Waals surface area contributed by atoms with Crippen LogP contribution in [0.4, 0.5) is 0 Å². The van der Waals surface area contributed by atoms with Crippen LogP contribution in [0.15, 0.2) is 0 Å². The Hall–Kier alpha value is -0.570. The molecule has 2 fully saturated rings. The minimum absolute atomic E-state index is 0.107. The van der Waals surface area contributed by atoms with Crippen LogP contribution < -0.4 is 10.6 Å². The molecule has 0 spiro atoms. The van der Waals surface area contributed by atoms with Crippen molar-refractivity contribution in [3.63, 3.8) is 0 Å². The molecule has 2 N–H and O–H groups in total.